The molecule has 0 saturated carbocycles. The zero-order valence-corrected chi connectivity index (χ0v) is 19.0. The number of carbonyl (C=O) groups is 2. The van der Waals surface area contributed by atoms with Crippen molar-refractivity contribution in [3.63, 3.8) is 0 Å². The monoisotopic (exact) mass is 436 g/mol. The second-order valence-corrected chi connectivity index (χ2v) is 8.59. The number of amides is 2. The van der Waals surface area contributed by atoms with Gasteiger partial charge in [-0.3, -0.25) is 14.9 Å². The number of hydrogen-bond acceptors (Lipinski definition) is 5. The van der Waals surface area contributed by atoms with Crippen molar-refractivity contribution in [1.82, 2.24) is 15.5 Å². The molecule has 0 aliphatic rings. The molecule has 162 valence electrons. The van der Waals surface area contributed by atoms with Gasteiger partial charge in [-0.2, -0.15) is 0 Å². The highest BCUT2D eigenvalue weighted by atomic mass is 32.1. The van der Waals surface area contributed by atoms with Crippen LogP contribution in [0.4, 0.5) is 5.13 Å². The minimum Gasteiger partial charge on any atom is -0.341 e. The highest BCUT2D eigenvalue weighted by molar-refractivity contribution is 7.18. The van der Waals surface area contributed by atoms with Gasteiger partial charge < -0.3 is 5.32 Å². The average molecular weight is 437 g/mol. The summed E-state index contributed by atoms with van der Waals surface area (Å²) in [6, 6.07) is 14.8. The lowest BCUT2D eigenvalue weighted by molar-refractivity contribution is -0.117. The highest BCUT2D eigenvalue weighted by Gasteiger charge is 2.18. The van der Waals surface area contributed by atoms with Crippen molar-refractivity contribution in [2.24, 2.45) is 0 Å². The molecular weight excluding hydrogens is 408 g/mol. The first kappa shape index (κ1) is 22.6. The lowest BCUT2D eigenvalue weighted by Gasteiger charge is -2.13. The van der Waals surface area contributed by atoms with E-state index in [1.165, 1.54) is 29.7 Å². The summed E-state index contributed by atoms with van der Waals surface area (Å²) in [5.41, 5.74) is 3.87. The topological polar surface area (TPSA) is 84.0 Å². The first-order valence-electron chi connectivity index (χ1n) is 10.6. The Morgan fingerprint density at radius 3 is 2.39 bits per heavy atom. The summed E-state index contributed by atoms with van der Waals surface area (Å²) in [5.74, 6) is -0.614. The minimum absolute atomic E-state index is 0.277. The van der Waals surface area contributed by atoms with Crippen LogP contribution in [0.2, 0.25) is 0 Å². The van der Waals surface area contributed by atoms with E-state index < -0.39 is 6.04 Å². The average Bonchev–Trinajstić information content (AvgIpc) is 3.23. The van der Waals surface area contributed by atoms with Gasteiger partial charge in [-0.15, -0.1) is 10.2 Å². The molecule has 31 heavy (non-hydrogen) atoms. The van der Waals surface area contributed by atoms with Gasteiger partial charge in [-0.05, 0) is 44.4 Å². The fourth-order valence-electron chi connectivity index (χ4n) is 3.05. The minimum atomic E-state index is -0.705. The number of aryl methyl sites for hydroxylation is 2. The van der Waals surface area contributed by atoms with E-state index in [9.17, 15) is 9.59 Å². The van der Waals surface area contributed by atoms with E-state index in [1.54, 1.807) is 19.1 Å². The largest absolute Gasteiger partial charge is 0.341 e. The van der Waals surface area contributed by atoms with Crippen molar-refractivity contribution in [1.29, 1.82) is 0 Å². The van der Waals surface area contributed by atoms with Gasteiger partial charge in [0.05, 0.1) is 0 Å². The maximum atomic E-state index is 12.5. The van der Waals surface area contributed by atoms with E-state index in [4.69, 9.17) is 0 Å². The summed E-state index contributed by atoms with van der Waals surface area (Å²) in [7, 11) is 0. The van der Waals surface area contributed by atoms with Crippen LogP contribution < -0.4 is 10.6 Å². The van der Waals surface area contributed by atoms with E-state index in [1.807, 2.05) is 43.3 Å². The molecule has 2 aromatic carbocycles. The number of aromatic nitrogens is 2. The van der Waals surface area contributed by atoms with Gasteiger partial charge in [0.1, 0.15) is 11.0 Å². The first-order valence-corrected chi connectivity index (χ1v) is 11.4. The molecule has 1 unspecified atom stereocenters. The number of unbranched alkanes of at least 4 members (excludes halogenated alkanes) is 2. The Morgan fingerprint density at radius 1 is 1.00 bits per heavy atom. The molecule has 0 bridgehead atoms. The number of nitrogens with one attached hydrogen (secondary N) is 2. The Kier molecular flexibility index (Phi) is 7.89. The molecule has 2 amide bonds. The first-order chi connectivity index (χ1) is 15.0. The summed E-state index contributed by atoms with van der Waals surface area (Å²) < 4.78 is 0. The van der Waals surface area contributed by atoms with Crippen molar-refractivity contribution in [3.05, 3.63) is 65.2 Å². The van der Waals surface area contributed by atoms with Crippen molar-refractivity contribution >= 4 is 28.3 Å². The number of hydrogen-bond donors (Lipinski definition) is 2. The van der Waals surface area contributed by atoms with Crippen molar-refractivity contribution in [2.75, 3.05) is 5.32 Å². The molecule has 3 rings (SSSR count). The summed E-state index contributed by atoms with van der Waals surface area (Å²) in [5, 5.41) is 14.8. The molecule has 2 N–H and O–H groups in total. The maximum absolute atomic E-state index is 12.5. The van der Waals surface area contributed by atoms with Crippen LogP contribution in [0.1, 0.15) is 54.6 Å². The third kappa shape index (κ3) is 6.46. The number of benzene rings is 2. The number of anilines is 1. The highest BCUT2D eigenvalue weighted by Crippen LogP contribution is 2.26. The summed E-state index contributed by atoms with van der Waals surface area (Å²) in [6.07, 6.45) is 4.55. The van der Waals surface area contributed by atoms with Crippen molar-refractivity contribution in [2.45, 2.75) is 52.5 Å². The van der Waals surface area contributed by atoms with Crippen LogP contribution in [-0.4, -0.2) is 28.1 Å². The second kappa shape index (κ2) is 10.8. The Morgan fingerprint density at radius 2 is 1.71 bits per heavy atom. The molecule has 1 aromatic heterocycles. The lowest BCUT2D eigenvalue weighted by atomic mass is 10.0. The molecule has 6 nitrogen and oxygen atoms in total. The van der Waals surface area contributed by atoms with Gasteiger partial charge >= 0.3 is 0 Å². The fourth-order valence-corrected chi connectivity index (χ4v) is 3.80. The summed E-state index contributed by atoms with van der Waals surface area (Å²) in [6.45, 7) is 5.85. The smallest absolute Gasteiger partial charge is 0.251 e. The summed E-state index contributed by atoms with van der Waals surface area (Å²) >= 11 is 1.30. The standard InChI is InChI=1S/C24H28N4O2S/c1-4-5-6-7-18-10-14-19(15-11-18)22(30)25-17(3)21(29)26-24-28-27-23(31-24)20-12-8-16(2)9-13-20/h8-15,17H,4-7H2,1-3H3,(H,25,30)(H,26,28,29). The van der Waals surface area contributed by atoms with Crippen molar-refractivity contribution < 1.29 is 9.59 Å². The van der Waals surface area contributed by atoms with Crippen LogP contribution >= 0.6 is 11.3 Å². The van der Waals surface area contributed by atoms with Gasteiger partial charge in [-0.25, -0.2) is 0 Å². The second-order valence-electron chi connectivity index (χ2n) is 7.62. The van der Waals surface area contributed by atoms with Gasteiger partial charge in [0, 0.05) is 11.1 Å². The van der Waals surface area contributed by atoms with E-state index in [0.29, 0.717) is 10.7 Å². The molecule has 0 fully saturated rings. The predicted octanol–water partition coefficient (Wildman–Crippen LogP) is 5.00. The molecule has 7 heteroatoms. The zero-order valence-electron chi connectivity index (χ0n) is 18.1. The normalized spacial score (nSPS) is 11.7. The van der Waals surface area contributed by atoms with E-state index in [-0.39, 0.29) is 11.8 Å². The van der Waals surface area contributed by atoms with Gasteiger partial charge in [0.15, 0.2) is 0 Å². The maximum Gasteiger partial charge on any atom is 0.251 e. The van der Waals surface area contributed by atoms with Crippen LogP contribution in [0.3, 0.4) is 0 Å². The van der Waals surface area contributed by atoms with Gasteiger partial charge in [0.25, 0.3) is 5.91 Å². The van der Waals surface area contributed by atoms with Crippen LogP contribution in [0.25, 0.3) is 10.6 Å². The molecule has 0 radical (unpaired) electrons. The number of nitrogens with zero attached hydrogens (tertiary/aromatic N) is 2. The predicted molar refractivity (Wildman–Crippen MR) is 125 cm³/mol. The van der Waals surface area contributed by atoms with Crippen LogP contribution in [0.5, 0.6) is 0 Å². The quantitative estimate of drug-likeness (QED) is 0.462. The van der Waals surface area contributed by atoms with Crippen LogP contribution in [0, 0.1) is 6.92 Å². The number of carbonyl (C=O) groups excluding carboxylic acids is 2. The Bertz CT molecular complexity index is 1010. The lowest BCUT2D eigenvalue weighted by Crippen LogP contribution is -2.41. The molecule has 3 aromatic rings. The van der Waals surface area contributed by atoms with Crippen molar-refractivity contribution in [3.8, 4) is 10.6 Å². The molecular formula is C24H28N4O2S. The SMILES string of the molecule is CCCCCc1ccc(C(=O)NC(C)C(=O)Nc2nnc(-c3ccc(C)cc3)s2)cc1. The van der Waals surface area contributed by atoms with Gasteiger partial charge in [-0.1, -0.05) is 73.1 Å². The number of rotatable bonds is 9. The van der Waals surface area contributed by atoms with Crippen LogP contribution in [0.15, 0.2) is 48.5 Å². The van der Waals surface area contributed by atoms with E-state index >= 15 is 0 Å². The Balaban J connectivity index is 1.53. The Hall–Kier alpha value is -3.06. The third-order valence-electron chi connectivity index (χ3n) is 4.98. The van der Waals surface area contributed by atoms with E-state index in [0.717, 1.165) is 29.0 Å². The third-order valence-corrected chi connectivity index (χ3v) is 5.87. The van der Waals surface area contributed by atoms with Gasteiger partial charge in [0.2, 0.25) is 11.0 Å². The summed E-state index contributed by atoms with van der Waals surface area (Å²) in [4.78, 5) is 25.0. The Labute approximate surface area is 187 Å². The zero-order chi connectivity index (χ0) is 22.2. The molecule has 1 heterocycles. The molecule has 0 spiro atoms. The molecule has 0 aliphatic carbocycles. The molecule has 0 saturated heterocycles. The molecule has 0 aliphatic heterocycles. The molecule has 1 atom stereocenters. The van der Waals surface area contributed by atoms with Crippen LogP contribution in [-0.2, 0) is 11.2 Å². The van der Waals surface area contributed by atoms with E-state index in [2.05, 4.69) is 27.8 Å². The fraction of sp³-hybridized carbons (Fsp3) is 0.333.